The Hall–Kier alpha value is -2.02. The van der Waals surface area contributed by atoms with Crippen molar-refractivity contribution >= 4 is 12.6 Å². The zero-order chi connectivity index (χ0) is 14.6. The highest BCUT2D eigenvalue weighted by molar-refractivity contribution is 5.86. The fourth-order valence-electron chi connectivity index (χ4n) is 1.67. The largest absolute Gasteiger partial charge is 0.364 e. The summed E-state index contributed by atoms with van der Waals surface area (Å²) in [6.07, 6.45) is 2.70. The van der Waals surface area contributed by atoms with Crippen LogP contribution in [-0.4, -0.2) is 41.2 Å². The molecule has 0 N–H and O–H groups in total. The first-order valence-corrected chi connectivity index (χ1v) is 5.75. The van der Waals surface area contributed by atoms with E-state index in [2.05, 4.69) is 11.7 Å². The van der Waals surface area contributed by atoms with E-state index in [-0.39, 0.29) is 11.7 Å². The van der Waals surface area contributed by atoms with Gasteiger partial charge in [0, 0.05) is 18.3 Å². The van der Waals surface area contributed by atoms with Gasteiger partial charge in [0.15, 0.2) is 0 Å². The van der Waals surface area contributed by atoms with Gasteiger partial charge in [0.2, 0.25) is 0 Å². The van der Waals surface area contributed by atoms with Crippen LogP contribution in [0.15, 0.2) is 28.7 Å². The van der Waals surface area contributed by atoms with Crippen LogP contribution in [0.3, 0.4) is 0 Å². The third kappa shape index (κ3) is 3.47. The monoisotopic (exact) mass is 267 g/mol. The SMILES string of the molecule is C=N/C(=C\C=C(/C)N1CCOC(C)(C)C1=O)[N+](=O)[O-]. The minimum atomic E-state index is -0.875. The van der Waals surface area contributed by atoms with Gasteiger partial charge in [-0.3, -0.25) is 4.79 Å². The van der Waals surface area contributed by atoms with Gasteiger partial charge < -0.3 is 19.8 Å². The summed E-state index contributed by atoms with van der Waals surface area (Å²) in [5, 5.41) is 10.6. The third-order valence-electron chi connectivity index (χ3n) is 2.79. The number of hydrogen-bond donors (Lipinski definition) is 0. The molecule has 0 atom stereocenters. The van der Waals surface area contributed by atoms with Gasteiger partial charge in [0.05, 0.1) is 6.61 Å². The van der Waals surface area contributed by atoms with Crippen LogP contribution in [0.2, 0.25) is 0 Å². The van der Waals surface area contributed by atoms with Crippen LogP contribution in [0, 0.1) is 10.1 Å². The quantitative estimate of drug-likeness (QED) is 0.333. The Kier molecular flexibility index (Phi) is 4.55. The van der Waals surface area contributed by atoms with Gasteiger partial charge in [0.25, 0.3) is 5.91 Å². The predicted octanol–water partition coefficient (Wildman–Crippen LogP) is 1.35. The molecule has 0 unspecified atom stereocenters. The lowest BCUT2D eigenvalue weighted by atomic mass is 10.1. The first-order valence-electron chi connectivity index (χ1n) is 5.75. The number of amides is 1. The highest BCUT2D eigenvalue weighted by Crippen LogP contribution is 2.21. The Balaban J connectivity index is 2.93. The summed E-state index contributed by atoms with van der Waals surface area (Å²) in [6.45, 7) is 9.06. The van der Waals surface area contributed by atoms with Crippen LogP contribution in [-0.2, 0) is 9.53 Å². The number of aliphatic imine (C=N–C) groups is 1. The fraction of sp³-hybridized carbons (Fsp3) is 0.500. The second-order valence-corrected chi connectivity index (χ2v) is 4.56. The summed E-state index contributed by atoms with van der Waals surface area (Å²) < 4.78 is 5.37. The zero-order valence-electron chi connectivity index (χ0n) is 11.3. The van der Waals surface area contributed by atoms with Gasteiger partial charge in [-0.1, -0.05) is 4.99 Å². The smallest absolute Gasteiger partial charge is 0.362 e. The molecule has 1 rings (SSSR count). The predicted molar refractivity (Wildman–Crippen MR) is 70.1 cm³/mol. The summed E-state index contributed by atoms with van der Waals surface area (Å²) in [5.41, 5.74) is -0.274. The molecule has 0 aromatic heterocycles. The number of hydrogen-bond acceptors (Lipinski definition) is 5. The van der Waals surface area contributed by atoms with Gasteiger partial charge in [-0.15, -0.1) is 0 Å². The van der Waals surface area contributed by atoms with Crippen LogP contribution in [0.4, 0.5) is 0 Å². The molecule has 1 amide bonds. The lowest BCUT2D eigenvalue weighted by molar-refractivity contribution is -0.425. The normalized spacial score (nSPS) is 20.4. The minimum absolute atomic E-state index is 0.171. The molecule has 7 nitrogen and oxygen atoms in total. The van der Waals surface area contributed by atoms with Gasteiger partial charge in [0.1, 0.15) is 12.3 Å². The van der Waals surface area contributed by atoms with Crippen LogP contribution in [0.5, 0.6) is 0 Å². The van der Waals surface area contributed by atoms with E-state index in [1.54, 1.807) is 25.7 Å². The molecular formula is C12H17N3O4. The molecule has 0 aromatic carbocycles. The molecule has 0 radical (unpaired) electrons. The molecule has 19 heavy (non-hydrogen) atoms. The Morgan fingerprint density at radius 3 is 2.74 bits per heavy atom. The maximum Gasteiger partial charge on any atom is 0.362 e. The Morgan fingerprint density at radius 2 is 2.21 bits per heavy atom. The number of nitrogens with zero attached hydrogens (tertiary/aromatic N) is 3. The molecule has 1 heterocycles. The molecule has 104 valence electrons. The molecule has 1 saturated heterocycles. The molecule has 0 saturated carbocycles. The Morgan fingerprint density at radius 1 is 1.58 bits per heavy atom. The van der Waals surface area contributed by atoms with Gasteiger partial charge in [-0.05, 0) is 31.8 Å². The molecule has 0 aliphatic carbocycles. The van der Waals surface area contributed by atoms with Crippen molar-refractivity contribution in [1.29, 1.82) is 0 Å². The third-order valence-corrected chi connectivity index (χ3v) is 2.79. The van der Waals surface area contributed by atoms with Crippen LogP contribution < -0.4 is 0 Å². The lowest BCUT2D eigenvalue weighted by Crippen LogP contribution is -2.52. The summed E-state index contributed by atoms with van der Waals surface area (Å²) >= 11 is 0. The van der Waals surface area contributed by atoms with E-state index in [0.717, 1.165) is 0 Å². The van der Waals surface area contributed by atoms with E-state index < -0.39 is 10.5 Å². The molecule has 0 spiro atoms. The number of carbonyl (C=O) groups excluding carboxylic acids is 1. The van der Waals surface area contributed by atoms with Crippen molar-refractivity contribution in [3.63, 3.8) is 0 Å². The molecule has 0 bridgehead atoms. The first-order chi connectivity index (χ1) is 8.79. The van der Waals surface area contributed by atoms with Crippen molar-refractivity contribution in [2.24, 2.45) is 4.99 Å². The Labute approximate surface area is 111 Å². The van der Waals surface area contributed by atoms with E-state index in [0.29, 0.717) is 18.8 Å². The van der Waals surface area contributed by atoms with Crippen LogP contribution >= 0.6 is 0 Å². The van der Waals surface area contributed by atoms with Crippen molar-refractivity contribution < 1.29 is 14.5 Å². The maximum absolute atomic E-state index is 12.1. The standard InChI is InChI=1S/C12H17N3O4/c1-9(5-6-10(13-4)15(17)18)14-7-8-19-12(2,3)11(14)16/h5-6H,4,7-8H2,1-3H3/b9-5+,10-6+. The average Bonchev–Trinajstić information content (AvgIpc) is 2.32. The van der Waals surface area contributed by atoms with Crippen molar-refractivity contribution in [3.05, 3.63) is 33.8 Å². The summed E-state index contributed by atoms with van der Waals surface area (Å²) in [6, 6.07) is 0. The van der Waals surface area contributed by atoms with Gasteiger partial charge >= 0.3 is 5.82 Å². The number of morpholine rings is 1. The minimum Gasteiger partial charge on any atom is -0.364 e. The highest BCUT2D eigenvalue weighted by atomic mass is 16.6. The van der Waals surface area contributed by atoms with E-state index >= 15 is 0 Å². The second kappa shape index (κ2) is 5.75. The first kappa shape index (κ1) is 15.0. The van der Waals surface area contributed by atoms with E-state index in [4.69, 9.17) is 4.74 Å². The van der Waals surface area contributed by atoms with Crippen molar-refractivity contribution in [1.82, 2.24) is 4.90 Å². The number of ether oxygens (including phenoxy) is 1. The van der Waals surface area contributed by atoms with Crippen molar-refractivity contribution in [2.75, 3.05) is 13.2 Å². The number of rotatable bonds is 4. The van der Waals surface area contributed by atoms with Crippen molar-refractivity contribution in [3.8, 4) is 0 Å². The molecule has 1 aliphatic rings. The van der Waals surface area contributed by atoms with Crippen molar-refractivity contribution in [2.45, 2.75) is 26.4 Å². The second-order valence-electron chi connectivity index (χ2n) is 4.56. The molecular weight excluding hydrogens is 250 g/mol. The van der Waals surface area contributed by atoms with E-state index in [9.17, 15) is 14.9 Å². The average molecular weight is 267 g/mol. The zero-order valence-corrected chi connectivity index (χ0v) is 11.3. The van der Waals surface area contributed by atoms with E-state index in [1.807, 2.05) is 0 Å². The topological polar surface area (TPSA) is 85.0 Å². The maximum atomic E-state index is 12.1. The van der Waals surface area contributed by atoms with Gasteiger partial charge in [-0.25, -0.2) is 0 Å². The summed E-state index contributed by atoms with van der Waals surface area (Å²) in [4.78, 5) is 26.9. The van der Waals surface area contributed by atoms with Gasteiger partial charge in [-0.2, -0.15) is 0 Å². The van der Waals surface area contributed by atoms with E-state index in [1.165, 1.54) is 12.2 Å². The molecule has 0 aromatic rings. The summed E-state index contributed by atoms with van der Waals surface area (Å²) in [7, 11) is 0. The number of allylic oxidation sites excluding steroid dienone is 3. The van der Waals surface area contributed by atoms with Crippen LogP contribution in [0.25, 0.3) is 0 Å². The highest BCUT2D eigenvalue weighted by Gasteiger charge is 2.37. The Bertz CT molecular complexity index is 466. The number of carbonyl (C=O) groups is 1. The molecule has 1 fully saturated rings. The number of nitro groups is 1. The fourth-order valence-corrected chi connectivity index (χ4v) is 1.67. The molecule has 1 aliphatic heterocycles. The lowest BCUT2D eigenvalue weighted by Gasteiger charge is -2.37. The summed E-state index contributed by atoms with van der Waals surface area (Å²) in [5.74, 6) is -0.533. The van der Waals surface area contributed by atoms with Crippen LogP contribution in [0.1, 0.15) is 20.8 Å². The molecule has 7 heteroatoms.